The highest BCUT2D eigenvalue weighted by atomic mass is 14.8. The molecule has 0 spiro atoms. The van der Waals surface area contributed by atoms with E-state index in [2.05, 4.69) is 206 Å². The van der Waals surface area contributed by atoms with E-state index in [1.807, 2.05) is 0 Å². The van der Waals surface area contributed by atoms with Crippen LogP contribution in [0.1, 0.15) is 51.6 Å². The van der Waals surface area contributed by atoms with Gasteiger partial charge in [-0.15, -0.1) is 0 Å². The Hall–Kier alpha value is -6.90. The maximum atomic E-state index is 5.38. The minimum Gasteiger partial charge on any atom is -0.252 e. The summed E-state index contributed by atoms with van der Waals surface area (Å²) in [6, 6.07) is 72.1. The van der Waals surface area contributed by atoms with Gasteiger partial charge in [-0.05, 0) is 73.3 Å². The fraction of sp³-hybridized carbons (Fsp3) is 0.0741. The van der Waals surface area contributed by atoms with E-state index in [9.17, 15) is 0 Å². The SMILES string of the molecule is C1=C(c2ccccc2-c2ccccc2)N=C(c2ccccc2)CC1c1ccc(-c2ccc(C3=Nc4ccccc4CC3c3ccccc3)cc2)c2ccccc12. The standard InChI is InChI=1S/C54H40N2/c1-4-16-37(17-5-1)44-23-11-14-26-49(44)53-36-43(35-52(55-53)40-20-8-3-9-21-40)46-33-32-45(47-24-12-13-25-48(46)47)39-28-30-41(31-29-39)54-50(38-18-6-2-7-19-38)34-42-22-10-15-27-51(42)56-54/h1-33,36,43,50H,34-35H2. The number of para-hydroxylation sites is 1. The Morgan fingerprint density at radius 3 is 1.75 bits per heavy atom. The van der Waals surface area contributed by atoms with E-state index in [4.69, 9.17) is 9.98 Å². The molecule has 10 rings (SSSR count). The molecule has 2 aliphatic heterocycles. The number of benzene rings is 8. The van der Waals surface area contributed by atoms with Crippen LogP contribution in [0.3, 0.4) is 0 Å². The lowest BCUT2D eigenvalue weighted by atomic mass is 9.81. The third kappa shape index (κ3) is 6.40. The van der Waals surface area contributed by atoms with Gasteiger partial charge in [-0.3, -0.25) is 9.98 Å². The summed E-state index contributed by atoms with van der Waals surface area (Å²) in [6.45, 7) is 0. The normalized spacial score (nSPS) is 16.4. The Bertz CT molecular complexity index is 2780. The van der Waals surface area contributed by atoms with Gasteiger partial charge in [0.05, 0.1) is 17.1 Å². The quantitative estimate of drug-likeness (QED) is 0.157. The average Bonchev–Trinajstić information content (AvgIpc) is 3.29. The van der Waals surface area contributed by atoms with Crippen molar-refractivity contribution in [2.24, 2.45) is 9.98 Å². The van der Waals surface area contributed by atoms with Gasteiger partial charge in [0.15, 0.2) is 0 Å². The van der Waals surface area contributed by atoms with Crippen molar-refractivity contribution < 1.29 is 0 Å². The molecule has 0 aliphatic carbocycles. The summed E-state index contributed by atoms with van der Waals surface area (Å²) in [5, 5.41) is 2.53. The highest BCUT2D eigenvalue weighted by Gasteiger charge is 2.27. The van der Waals surface area contributed by atoms with Crippen LogP contribution < -0.4 is 0 Å². The van der Waals surface area contributed by atoms with Crippen LogP contribution in [0.15, 0.2) is 216 Å². The van der Waals surface area contributed by atoms with Crippen LogP contribution in [-0.4, -0.2) is 11.4 Å². The van der Waals surface area contributed by atoms with E-state index in [1.54, 1.807) is 0 Å². The molecular formula is C54H40N2. The van der Waals surface area contributed by atoms with Crippen molar-refractivity contribution in [3.05, 3.63) is 240 Å². The Kier molecular flexibility index (Phi) is 8.85. The molecule has 0 fully saturated rings. The van der Waals surface area contributed by atoms with Crippen LogP contribution in [-0.2, 0) is 6.42 Å². The van der Waals surface area contributed by atoms with Crippen molar-refractivity contribution in [2.45, 2.75) is 24.7 Å². The summed E-state index contributed by atoms with van der Waals surface area (Å²) in [7, 11) is 0. The van der Waals surface area contributed by atoms with E-state index in [-0.39, 0.29) is 11.8 Å². The highest BCUT2D eigenvalue weighted by Crippen LogP contribution is 2.42. The third-order valence-corrected chi connectivity index (χ3v) is 11.5. The van der Waals surface area contributed by atoms with Crippen molar-refractivity contribution in [1.29, 1.82) is 0 Å². The van der Waals surface area contributed by atoms with Crippen molar-refractivity contribution in [3.63, 3.8) is 0 Å². The Morgan fingerprint density at radius 1 is 0.393 bits per heavy atom. The zero-order valence-electron chi connectivity index (χ0n) is 31.1. The first-order valence-corrected chi connectivity index (χ1v) is 19.6. The average molecular weight is 717 g/mol. The summed E-state index contributed by atoms with van der Waals surface area (Å²) >= 11 is 0. The predicted octanol–water partition coefficient (Wildman–Crippen LogP) is 13.7. The molecule has 2 unspecified atom stereocenters. The molecule has 0 radical (unpaired) electrons. The fourth-order valence-electron chi connectivity index (χ4n) is 8.69. The Balaban J connectivity index is 1.04. The third-order valence-electron chi connectivity index (χ3n) is 11.5. The molecule has 2 aliphatic rings. The molecule has 0 saturated carbocycles. The second-order valence-electron chi connectivity index (χ2n) is 14.8. The summed E-state index contributed by atoms with van der Waals surface area (Å²) in [6.07, 6.45) is 4.17. The molecule has 2 atom stereocenters. The van der Waals surface area contributed by atoms with E-state index in [1.165, 1.54) is 60.8 Å². The Labute approximate surface area is 328 Å². The van der Waals surface area contributed by atoms with Gasteiger partial charge in [0.2, 0.25) is 0 Å². The number of fused-ring (bicyclic) bond motifs is 2. The van der Waals surface area contributed by atoms with E-state index >= 15 is 0 Å². The maximum Gasteiger partial charge on any atom is 0.0678 e. The molecule has 2 nitrogen and oxygen atoms in total. The zero-order chi connectivity index (χ0) is 37.3. The number of nitrogens with zero attached hydrogens (tertiary/aromatic N) is 2. The lowest BCUT2D eigenvalue weighted by molar-refractivity contribution is 0.859. The topological polar surface area (TPSA) is 24.7 Å². The molecule has 0 bridgehead atoms. The number of rotatable bonds is 7. The summed E-state index contributed by atoms with van der Waals surface area (Å²) in [5.74, 6) is 0.347. The van der Waals surface area contributed by atoms with Gasteiger partial charge in [0.1, 0.15) is 0 Å². The predicted molar refractivity (Wildman–Crippen MR) is 235 cm³/mol. The van der Waals surface area contributed by atoms with Crippen molar-refractivity contribution in [3.8, 4) is 22.3 Å². The molecule has 0 saturated heterocycles. The van der Waals surface area contributed by atoms with E-state index in [0.717, 1.165) is 41.2 Å². The van der Waals surface area contributed by atoms with Gasteiger partial charge in [0.25, 0.3) is 0 Å². The lowest BCUT2D eigenvalue weighted by Crippen LogP contribution is -2.20. The number of hydrogen-bond donors (Lipinski definition) is 0. The van der Waals surface area contributed by atoms with Crippen LogP contribution in [0.4, 0.5) is 5.69 Å². The molecule has 0 aromatic heterocycles. The smallest absolute Gasteiger partial charge is 0.0678 e. The first-order valence-electron chi connectivity index (χ1n) is 19.6. The van der Waals surface area contributed by atoms with Crippen LogP contribution >= 0.6 is 0 Å². The molecule has 8 aromatic rings. The minimum atomic E-state index is 0.143. The van der Waals surface area contributed by atoms with Crippen molar-refractivity contribution >= 4 is 33.6 Å². The molecule has 0 N–H and O–H groups in total. The number of hydrogen-bond acceptors (Lipinski definition) is 2. The van der Waals surface area contributed by atoms with Crippen LogP contribution in [0, 0.1) is 0 Å². The molecule has 0 amide bonds. The van der Waals surface area contributed by atoms with Gasteiger partial charge >= 0.3 is 0 Å². The molecule has 2 heteroatoms. The first-order chi connectivity index (χ1) is 27.8. The summed E-state index contributed by atoms with van der Waals surface area (Å²) in [5.41, 5.74) is 16.6. The second kappa shape index (κ2) is 14.7. The highest BCUT2D eigenvalue weighted by molar-refractivity contribution is 6.09. The monoisotopic (exact) mass is 716 g/mol. The molecule has 266 valence electrons. The second-order valence-corrected chi connectivity index (χ2v) is 14.8. The lowest BCUT2D eigenvalue weighted by Gasteiger charge is -2.26. The molecule has 8 aromatic carbocycles. The van der Waals surface area contributed by atoms with Gasteiger partial charge in [-0.25, -0.2) is 0 Å². The fourth-order valence-corrected chi connectivity index (χ4v) is 8.69. The molecule has 2 heterocycles. The minimum absolute atomic E-state index is 0.143. The summed E-state index contributed by atoms with van der Waals surface area (Å²) < 4.78 is 0. The van der Waals surface area contributed by atoms with Gasteiger partial charge in [-0.1, -0.05) is 200 Å². The van der Waals surface area contributed by atoms with Gasteiger partial charge in [-0.2, -0.15) is 0 Å². The van der Waals surface area contributed by atoms with Crippen molar-refractivity contribution in [1.82, 2.24) is 0 Å². The van der Waals surface area contributed by atoms with Crippen molar-refractivity contribution in [2.75, 3.05) is 0 Å². The summed E-state index contributed by atoms with van der Waals surface area (Å²) in [4.78, 5) is 10.7. The van der Waals surface area contributed by atoms with Crippen LogP contribution in [0.25, 0.3) is 38.7 Å². The van der Waals surface area contributed by atoms with E-state index in [0.29, 0.717) is 0 Å². The Morgan fingerprint density at radius 2 is 0.982 bits per heavy atom. The van der Waals surface area contributed by atoms with Crippen LogP contribution in [0.5, 0.6) is 0 Å². The largest absolute Gasteiger partial charge is 0.252 e. The molecular weight excluding hydrogens is 677 g/mol. The van der Waals surface area contributed by atoms with Gasteiger partial charge < -0.3 is 0 Å². The maximum absolute atomic E-state index is 5.38. The number of allylic oxidation sites excluding steroid dienone is 1. The van der Waals surface area contributed by atoms with Crippen LogP contribution in [0.2, 0.25) is 0 Å². The first kappa shape index (κ1) is 33.7. The van der Waals surface area contributed by atoms with Gasteiger partial charge in [0, 0.05) is 29.5 Å². The molecule has 56 heavy (non-hydrogen) atoms. The van der Waals surface area contributed by atoms with E-state index < -0.39 is 0 Å². The zero-order valence-corrected chi connectivity index (χ0v) is 31.1. The number of aliphatic imine (C=N–C) groups is 2.